The summed E-state index contributed by atoms with van der Waals surface area (Å²) in [4.78, 5) is 65.0. The summed E-state index contributed by atoms with van der Waals surface area (Å²) in [5.41, 5.74) is -1.65. The van der Waals surface area contributed by atoms with Crippen LogP contribution in [0.3, 0.4) is 0 Å². The Kier molecular flexibility index (Phi) is 7.80. The minimum Gasteiger partial charge on any atom is -0.463 e. The van der Waals surface area contributed by atoms with Gasteiger partial charge in [0.2, 0.25) is 0 Å². The highest BCUT2D eigenvalue weighted by molar-refractivity contribution is 9.10. The van der Waals surface area contributed by atoms with Gasteiger partial charge in [0.05, 0.1) is 0 Å². The van der Waals surface area contributed by atoms with Crippen LogP contribution in [0, 0.1) is 5.41 Å². The third-order valence-corrected chi connectivity index (χ3v) is 4.33. The number of amides is 2. The van der Waals surface area contributed by atoms with E-state index in [-0.39, 0.29) is 12.8 Å². The Balaban J connectivity index is 2.96. The first-order valence-corrected chi connectivity index (χ1v) is 9.97. The Morgan fingerprint density at radius 1 is 0.821 bits per heavy atom. The van der Waals surface area contributed by atoms with Gasteiger partial charge in [-0.15, -0.1) is 5.06 Å². The maximum atomic E-state index is 12.7. The zero-order valence-electron chi connectivity index (χ0n) is 16.3. The number of ether oxygens (including phenoxy) is 2. The van der Waals surface area contributed by atoms with Crippen molar-refractivity contribution in [3.05, 3.63) is 0 Å². The Hall–Kier alpha value is -1.49. The van der Waals surface area contributed by atoms with Crippen LogP contribution in [-0.2, 0) is 38.3 Å². The predicted molar refractivity (Wildman–Crippen MR) is 103 cm³/mol. The molecule has 0 saturated carbocycles. The third kappa shape index (κ3) is 6.54. The highest BCUT2D eigenvalue weighted by atomic mass is 79.9. The molecule has 0 atom stereocenters. The number of rotatable bonds is 8. The molecule has 1 saturated heterocycles. The second-order valence-corrected chi connectivity index (χ2v) is 11.6. The Morgan fingerprint density at radius 3 is 1.50 bits per heavy atom. The molecule has 158 valence electrons. The molecule has 1 rings (SSSR count). The lowest BCUT2D eigenvalue weighted by molar-refractivity contribution is -0.210. The Labute approximate surface area is 179 Å². The molecule has 1 aliphatic rings. The number of esters is 2. The molecule has 0 bridgehead atoms. The van der Waals surface area contributed by atoms with Crippen LogP contribution in [0.15, 0.2) is 0 Å². The highest BCUT2D eigenvalue weighted by Gasteiger charge is 2.44. The van der Waals surface area contributed by atoms with Crippen molar-refractivity contribution < 1.29 is 38.3 Å². The first-order chi connectivity index (χ1) is 12.6. The fourth-order valence-electron chi connectivity index (χ4n) is 1.80. The van der Waals surface area contributed by atoms with Crippen LogP contribution in [0.25, 0.3) is 0 Å². The van der Waals surface area contributed by atoms with Gasteiger partial charge in [0.1, 0.15) is 27.3 Å². The topological polar surface area (TPSA) is 116 Å². The first kappa shape index (κ1) is 24.5. The molecule has 2 amide bonds. The molecule has 1 fully saturated rings. The number of hydroxylamine groups is 2. The number of hydrogen-bond acceptors (Lipinski definition) is 8. The highest BCUT2D eigenvalue weighted by Crippen LogP contribution is 2.27. The Morgan fingerprint density at radius 2 is 1.18 bits per heavy atom. The van der Waals surface area contributed by atoms with Gasteiger partial charge in [-0.1, -0.05) is 31.9 Å². The lowest BCUT2D eigenvalue weighted by atomic mass is 9.93. The van der Waals surface area contributed by atoms with Crippen molar-refractivity contribution in [2.75, 3.05) is 13.2 Å². The molecule has 0 aromatic rings. The van der Waals surface area contributed by atoms with Crippen molar-refractivity contribution in [3.63, 3.8) is 0 Å². The number of carbonyl (C=O) groups is 5. The number of alkyl halides is 2. The summed E-state index contributed by atoms with van der Waals surface area (Å²) in [5.74, 6) is -3.67. The number of nitrogens with zero attached hydrogens (tertiary/aromatic N) is 1. The first-order valence-electron chi connectivity index (χ1n) is 8.38. The molecule has 28 heavy (non-hydrogen) atoms. The van der Waals surface area contributed by atoms with Crippen LogP contribution in [0.2, 0.25) is 0 Å². The molecule has 0 unspecified atom stereocenters. The number of carbonyl (C=O) groups excluding carboxylic acids is 5. The standard InChI is InChI=1S/C17H23Br2NO8/c1-15(2,18)12(23)26-8-17(5,9-27-13(24)16(3,4)19)14(25)28-20-10(21)6-7-11(20)22/h6-9H2,1-5H3. The van der Waals surface area contributed by atoms with Crippen LogP contribution in [0.4, 0.5) is 0 Å². The van der Waals surface area contributed by atoms with Gasteiger partial charge in [-0.25, -0.2) is 4.79 Å². The summed E-state index contributed by atoms with van der Waals surface area (Å²) in [5, 5.41) is 0.382. The molecule has 0 radical (unpaired) electrons. The van der Waals surface area contributed by atoms with Gasteiger partial charge in [-0.05, 0) is 34.6 Å². The normalized spacial score (nSPS) is 15.5. The lowest BCUT2D eigenvalue weighted by Gasteiger charge is -2.29. The zero-order valence-corrected chi connectivity index (χ0v) is 19.5. The molecule has 0 N–H and O–H groups in total. The van der Waals surface area contributed by atoms with Crippen LogP contribution in [-0.4, -0.2) is 56.6 Å². The van der Waals surface area contributed by atoms with Crippen molar-refractivity contribution in [2.45, 2.75) is 56.1 Å². The monoisotopic (exact) mass is 527 g/mol. The van der Waals surface area contributed by atoms with Gasteiger partial charge < -0.3 is 14.3 Å². The molecule has 1 heterocycles. The second-order valence-electron chi connectivity index (χ2n) is 7.62. The van der Waals surface area contributed by atoms with E-state index >= 15 is 0 Å². The third-order valence-electron chi connectivity index (χ3n) is 3.69. The fourth-order valence-corrected chi connectivity index (χ4v) is 2.03. The minimum atomic E-state index is -1.65. The average Bonchev–Trinajstić information content (AvgIpc) is 2.87. The summed E-state index contributed by atoms with van der Waals surface area (Å²) in [6, 6.07) is 0. The molecule has 11 heteroatoms. The minimum absolute atomic E-state index is 0.0671. The van der Waals surface area contributed by atoms with Gasteiger partial charge in [0, 0.05) is 12.8 Å². The molecular formula is C17H23Br2NO8. The molecular weight excluding hydrogens is 506 g/mol. The van der Waals surface area contributed by atoms with E-state index in [1.54, 1.807) is 27.7 Å². The molecule has 0 spiro atoms. The van der Waals surface area contributed by atoms with Gasteiger partial charge in [-0.3, -0.25) is 19.2 Å². The van der Waals surface area contributed by atoms with Crippen LogP contribution in [0.1, 0.15) is 47.5 Å². The summed E-state index contributed by atoms with van der Waals surface area (Å²) < 4.78 is 8.29. The maximum Gasteiger partial charge on any atom is 0.345 e. The average molecular weight is 529 g/mol. The van der Waals surface area contributed by atoms with Crippen molar-refractivity contribution in [3.8, 4) is 0 Å². The number of hydrogen-bond donors (Lipinski definition) is 0. The van der Waals surface area contributed by atoms with Crippen molar-refractivity contribution >= 4 is 61.6 Å². The van der Waals surface area contributed by atoms with E-state index in [9.17, 15) is 24.0 Å². The van der Waals surface area contributed by atoms with E-state index in [4.69, 9.17) is 14.3 Å². The van der Waals surface area contributed by atoms with Gasteiger partial charge in [0.15, 0.2) is 0 Å². The zero-order chi connectivity index (χ0) is 21.9. The van der Waals surface area contributed by atoms with Crippen molar-refractivity contribution in [1.29, 1.82) is 0 Å². The quantitative estimate of drug-likeness (QED) is 0.267. The predicted octanol–water partition coefficient (Wildman–Crippen LogP) is 2.03. The molecule has 1 aliphatic heterocycles. The SMILES string of the molecule is CC(C)(Br)C(=O)OCC(C)(COC(=O)C(C)(C)Br)C(=O)ON1C(=O)CCC1=O. The summed E-state index contributed by atoms with van der Waals surface area (Å²) in [6.45, 7) is 6.57. The van der Waals surface area contributed by atoms with Crippen LogP contribution in [0.5, 0.6) is 0 Å². The van der Waals surface area contributed by atoms with Gasteiger partial charge >= 0.3 is 17.9 Å². The summed E-state index contributed by atoms with van der Waals surface area (Å²) in [6.07, 6.45) is -0.134. The second kappa shape index (κ2) is 8.89. The number of imide groups is 1. The Bertz CT molecular complexity index is 632. The lowest BCUT2D eigenvalue weighted by Crippen LogP contribution is -2.46. The summed E-state index contributed by atoms with van der Waals surface area (Å²) >= 11 is 6.29. The number of halogens is 2. The van der Waals surface area contributed by atoms with Gasteiger partial charge in [-0.2, -0.15) is 0 Å². The van der Waals surface area contributed by atoms with E-state index in [1.165, 1.54) is 6.92 Å². The molecule has 0 aliphatic carbocycles. The van der Waals surface area contributed by atoms with E-state index in [0.717, 1.165) is 0 Å². The van der Waals surface area contributed by atoms with E-state index in [0.29, 0.717) is 5.06 Å². The van der Waals surface area contributed by atoms with Crippen LogP contribution >= 0.6 is 31.9 Å². The van der Waals surface area contributed by atoms with E-state index in [2.05, 4.69) is 31.9 Å². The van der Waals surface area contributed by atoms with E-state index in [1.807, 2.05) is 0 Å². The van der Waals surface area contributed by atoms with Crippen molar-refractivity contribution in [2.24, 2.45) is 5.41 Å². The van der Waals surface area contributed by atoms with Gasteiger partial charge in [0.25, 0.3) is 11.8 Å². The maximum absolute atomic E-state index is 12.7. The van der Waals surface area contributed by atoms with Crippen molar-refractivity contribution in [1.82, 2.24) is 5.06 Å². The molecule has 0 aromatic heterocycles. The fraction of sp³-hybridized carbons (Fsp3) is 0.706. The molecule has 9 nitrogen and oxygen atoms in total. The molecule has 0 aromatic carbocycles. The van der Waals surface area contributed by atoms with E-state index < -0.39 is 57.0 Å². The smallest absolute Gasteiger partial charge is 0.345 e. The summed E-state index contributed by atoms with van der Waals surface area (Å²) in [7, 11) is 0. The van der Waals surface area contributed by atoms with Crippen LogP contribution < -0.4 is 0 Å². The largest absolute Gasteiger partial charge is 0.463 e.